The van der Waals surface area contributed by atoms with E-state index in [0.717, 1.165) is 11.6 Å². The smallest absolute Gasteiger partial charge is 0.341 e. The number of ether oxygens (including phenoxy) is 1. The van der Waals surface area contributed by atoms with E-state index in [-0.39, 0.29) is 12.1 Å². The predicted octanol–water partition coefficient (Wildman–Crippen LogP) is 4.10. The molecule has 0 saturated heterocycles. The molecule has 126 valence electrons. The van der Waals surface area contributed by atoms with Crippen LogP contribution in [-0.4, -0.2) is 18.0 Å². The van der Waals surface area contributed by atoms with Gasteiger partial charge in [-0.3, -0.25) is 4.79 Å². The van der Waals surface area contributed by atoms with E-state index in [1.165, 1.54) is 19.1 Å². The molecule has 1 N–H and O–H groups in total. The molecule has 0 aromatic heterocycles. The molecule has 7 heteroatoms. The lowest BCUT2D eigenvalue weighted by molar-refractivity contribution is -0.129. The first-order valence-electron chi connectivity index (χ1n) is 7.05. The number of hydrogen-bond donors (Lipinski definition) is 1. The van der Waals surface area contributed by atoms with Crippen LogP contribution in [0.25, 0.3) is 0 Å². The quantitative estimate of drug-likeness (QED) is 0.749. The summed E-state index contributed by atoms with van der Waals surface area (Å²) in [5.41, 5.74) is 0.499. The molecule has 24 heavy (non-hydrogen) atoms. The average molecular weight is 415 g/mol. The van der Waals surface area contributed by atoms with Gasteiger partial charge in [0.25, 0.3) is 5.91 Å². The van der Waals surface area contributed by atoms with Crippen LogP contribution in [0.15, 0.2) is 46.9 Å². The number of amides is 1. The Morgan fingerprint density at radius 3 is 2.71 bits per heavy atom. The number of nitrogens with one attached hydrogen (secondary N) is 1. The molecule has 1 atom stereocenters. The molecule has 2 rings (SSSR count). The van der Waals surface area contributed by atoms with Gasteiger partial charge in [-0.05, 0) is 36.8 Å². The zero-order valence-corrected chi connectivity index (χ0v) is 15.0. The van der Waals surface area contributed by atoms with Crippen LogP contribution >= 0.6 is 27.5 Å². The fraction of sp³-hybridized carbons (Fsp3) is 0.176. The highest BCUT2D eigenvalue weighted by Gasteiger charge is 2.21. The third-order valence-electron chi connectivity index (χ3n) is 3.21. The van der Waals surface area contributed by atoms with Crippen LogP contribution in [-0.2, 0) is 16.1 Å². The second-order valence-electron chi connectivity index (χ2n) is 4.98. The molecule has 0 radical (unpaired) electrons. The first-order valence-corrected chi connectivity index (χ1v) is 8.22. The van der Waals surface area contributed by atoms with Crippen molar-refractivity contribution in [2.24, 2.45) is 0 Å². The van der Waals surface area contributed by atoms with Crippen molar-refractivity contribution >= 4 is 39.4 Å². The maximum absolute atomic E-state index is 13.6. The van der Waals surface area contributed by atoms with Gasteiger partial charge in [0.2, 0.25) is 0 Å². The van der Waals surface area contributed by atoms with Crippen molar-refractivity contribution in [3.63, 3.8) is 0 Å². The van der Waals surface area contributed by atoms with Gasteiger partial charge < -0.3 is 10.1 Å². The average Bonchev–Trinajstić information content (AvgIpc) is 2.55. The van der Waals surface area contributed by atoms with Crippen molar-refractivity contribution in [1.82, 2.24) is 5.32 Å². The van der Waals surface area contributed by atoms with Gasteiger partial charge in [-0.15, -0.1) is 0 Å². The first kappa shape index (κ1) is 18.4. The summed E-state index contributed by atoms with van der Waals surface area (Å²) in [6.45, 7) is 1.61. The summed E-state index contributed by atoms with van der Waals surface area (Å²) in [7, 11) is 0. The van der Waals surface area contributed by atoms with Gasteiger partial charge in [-0.25, -0.2) is 9.18 Å². The molecule has 0 saturated carbocycles. The summed E-state index contributed by atoms with van der Waals surface area (Å²) in [5, 5.41) is 3.15. The maximum atomic E-state index is 13.6. The lowest BCUT2D eigenvalue weighted by atomic mass is 10.2. The molecule has 0 aliphatic rings. The second-order valence-corrected chi connectivity index (χ2v) is 6.30. The monoisotopic (exact) mass is 413 g/mol. The van der Waals surface area contributed by atoms with Crippen molar-refractivity contribution in [3.05, 3.63) is 68.9 Å². The van der Waals surface area contributed by atoms with Crippen molar-refractivity contribution in [1.29, 1.82) is 0 Å². The zero-order valence-electron chi connectivity index (χ0n) is 12.7. The minimum atomic E-state index is -1.07. The van der Waals surface area contributed by atoms with Gasteiger partial charge in [-0.1, -0.05) is 45.7 Å². The Kier molecular flexibility index (Phi) is 6.34. The van der Waals surface area contributed by atoms with E-state index < -0.39 is 23.8 Å². The topological polar surface area (TPSA) is 55.4 Å². The Balaban J connectivity index is 1.95. The Morgan fingerprint density at radius 2 is 2.00 bits per heavy atom. The number of rotatable bonds is 5. The standard InChI is InChI=1S/C17H14BrClFNO3/c1-10(16(22)21-9-11-4-2-3-5-14(11)19)24-17(23)13-8-12(18)6-7-15(13)20/h2-8,10H,9H2,1H3,(H,21,22). The van der Waals surface area contributed by atoms with Crippen LogP contribution < -0.4 is 5.32 Å². The fourth-order valence-electron chi connectivity index (χ4n) is 1.90. The summed E-state index contributed by atoms with van der Waals surface area (Å²) in [5.74, 6) is -2.13. The minimum Gasteiger partial charge on any atom is -0.449 e. The Labute approximate surface area is 152 Å². The van der Waals surface area contributed by atoms with Crippen LogP contribution in [0, 0.1) is 5.82 Å². The normalized spacial score (nSPS) is 11.7. The van der Waals surface area contributed by atoms with E-state index in [9.17, 15) is 14.0 Å². The van der Waals surface area contributed by atoms with E-state index in [1.807, 2.05) is 0 Å². The maximum Gasteiger partial charge on any atom is 0.341 e. The van der Waals surface area contributed by atoms with E-state index in [1.54, 1.807) is 24.3 Å². The Hall–Kier alpha value is -1.92. The molecule has 0 spiro atoms. The van der Waals surface area contributed by atoms with Crippen molar-refractivity contribution < 1.29 is 18.7 Å². The van der Waals surface area contributed by atoms with Crippen molar-refractivity contribution in [3.8, 4) is 0 Å². The minimum absolute atomic E-state index is 0.200. The predicted molar refractivity (Wildman–Crippen MR) is 92.3 cm³/mol. The van der Waals surface area contributed by atoms with Crippen LogP contribution in [0.3, 0.4) is 0 Å². The SMILES string of the molecule is CC(OC(=O)c1cc(Br)ccc1F)C(=O)NCc1ccccc1Cl. The van der Waals surface area contributed by atoms with Gasteiger partial charge in [0.15, 0.2) is 6.10 Å². The first-order chi connectivity index (χ1) is 11.4. The zero-order chi connectivity index (χ0) is 17.7. The molecule has 0 heterocycles. The highest BCUT2D eigenvalue weighted by atomic mass is 79.9. The number of esters is 1. The molecular weight excluding hydrogens is 401 g/mol. The second kappa shape index (κ2) is 8.26. The molecule has 0 fully saturated rings. The van der Waals surface area contributed by atoms with Gasteiger partial charge >= 0.3 is 5.97 Å². The van der Waals surface area contributed by atoms with Gasteiger partial charge in [-0.2, -0.15) is 0 Å². The van der Waals surface area contributed by atoms with Crippen LogP contribution in [0.4, 0.5) is 4.39 Å². The third-order valence-corrected chi connectivity index (χ3v) is 4.07. The largest absolute Gasteiger partial charge is 0.449 e. The molecule has 0 aliphatic heterocycles. The van der Waals surface area contributed by atoms with Gasteiger partial charge in [0.05, 0.1) is 5.56 Å². The fourth-order valence-corrected chi connectivity index (χ4v) is 2.46. The molecule has 2 aromatic carbocycles. The number of hydrogen-bond acceptors (Lipinski definition) is 3. The Bertz CT molecular complexity index is 769. The number of benzene rings is 2. The van der Waals surface area contributed by atoms with Crippen molar-refractivity contribution in [2.75, 3.05) is 0 Å². The molecule has 1 unspecified atom stereocenters. The lowest BCUT2D eigenvalue weighted by Crippen LogP contribution is -2.35. The van der Waals surface area contributed by atoms with Crippen molar-refractivity contribution in [2.45, 2.75) is 19.6 Å². The van der Waals surface area contributed by atoms with Crippen LogP contribution in [0.2, 0.25) is 5.02 Å². The number of carbonyl (C=O) groups is 2. The summed E-state index contributed by atoms with van der Waals surface area (Å²) in [6.07, 6.45) is -1.07. The summed E-state index contributed by atoms with van der Waals surface area (Å²) in [4.78, 5) is 24.0. The van der Waals surface area contributed by atoms with Crippen LogP contribution in [0.1, 0.15) is 22.8 Å². The highest BCUT2D eigenvalue weighted by Crippen LogP contribution is 2.17. The highest BCUT2D eigenvalue weighted by molar-refractivity contribution is 9.10. The summed E-state index contributed by atoms with van der Waals surface area (Å²) in [6, 6.07) is 11.0. The third kappa shape index (κ3) is 4.79. The number of halogens is 3. The van der Waals surface area contributed by atoms with Gasteiger partial charge in [0.1, 0.15) is 5.82 Å². The number of carbonyl (C=O) groups excluding carboxylic acids is 2. The van der Waals surface area contributed by atoms with Gasteiger partial charge in [0, 0.05) is 16.0 Å². The molecule has 0 bridgehead atoms. The van der Waals surface area contributed by atoms with Crippen LogP contribution in [0.5, 0.6) is 0 Å². The molecular formula is C17H14BrClFNO3. The summed E-state index contributed by atoms with van der Waals surface area (Å²) < 4.78 is 19.2. The van der Waals surface area contributed by atoms with E-state index in [4.69, 9.17) is 16.3 Å². The molecule has 2 aromatic rings. The lowest BCUT2D eigenvalue weighted by Gasteiger charge is -2.14. The summed E-state index contributed by atoms with van der Waals surface area (Å²) >= 11 is 9.15. The van der Waals surface area contributed by atoms with E-state index >= 15 is 0 Å². The molecule has 1 amide bonds. The van der Waals surface area contributed by atoms with E-state index in [2.05, 4.69) is 21.2 Å². The Morgan fingerprint density at radius 1 is 1.29 bits per heavy atom. The molecule has 4 nitrogen and oxygen atoms in total. The van der Waals surface area contributed by atoms with E-state index in [0.29, 0.717) is 9.50 Å². The molecule has 0 aliphatic carbocycles.